The molecule has 0 saturated carbocycles. The fourth-order valence-electron chi connectivity index (χ4n) is 3.07. The van der Waals surface area contributed by atoms with Crippen molar-refractivity contribution in [1.82, 2.24) is 15.1 Å². The lowest BCUT2D eigenvalue weighted by atomic mass is 10.2. The van der Waals surface area contributed by atoms with Gasteiger partial charge in [0.2, 0.25) is 0 Å². The lowest BCUT2D eigenvalue weighted by molar-refractivity contribution is -0.143. The average Bonchev–Trinajstić information content (AvgIpc) is 3.10. The maximum absolute atomic E-state index is 13.2. The van der Waals surface area contributed by atoms with Gasteiger partial charge in [-0.05, 0) is 68.5 Å². The van der Waals surface area contributed by atoms with Crippen LogP contribution in [-0.4, -0.2) is 41.4 Å². The molecular formula is C24H23FN4O5. The predicted octanol–water partition coefficient (Wildman–Crippen LogP) is 3.54. The Bertz CT molecular complexity index is 1220. The summed E-state index contributed by atoms with van der Waals surface area (Å²) in [5.41, 5.74) is 3.20. The number of hydrogen-bond donors (Lipinski definition) is 2. The number of benzene rings is 2. The lowest BCUT2D eigenvalue weighted by Crippen LogP contribution is -2.37. The summed E-state index contributed by atoms with van der Waals surface area (Å²) in [4.78, 5) is 35.8. The first-order valence-electron chi connectivity index (χ1n) is 10.2. The number of methoxy groups -OCH3 is 1. The number of aryl methyl sites for hydroxylation is 1. The molecule has 10 heteroatoms. The van der Waals surface area contributed by atoms with E-state index in [1.165, 1.54) is 25.3 Å². The fourth-order valence-corrected chi connectivity index (χ4v) is 3.07. The quantitative estimate of drug-likeness (QED) is 0.407. The number of halogens is 1. The van der Waals surface area contributed by atoms with Crippen LogP contribution in [0.1, 0.15) is 17.0 Å². The number of nitrogens with one attached hydrogen (secondary N) is 2. The monoisotopic (exact) mass is 466 g/mol. The van der Waals surface area contributed by atoms with Crippen LogP contribution < -0.4 is 15.4 Å². The molecule has 0 radical (unpaired) electrons. The first-order chi connectivity index (χ1) is 16.3. The number of hydrogen-bond acceptors (Lipinski definition) is 6. The molecule has 0 spiro atoms. The van der Waals surface area contributed by atoms with E-state index in [0.717, 1.165) is 11.8 Å². The Morgan fingerprint density at radius 3 is 2.38 bits per heavy atom. The number of esters is 1. The molecule has 3 aromatic rings. The van der Waals surface area contributed by atoms with Gasteiger partial charge in [0.1, 0.15) is 11.6 Å². The third kappa shape index (κ3) is 6.28. The van der Waals surface area contributed by atoms with E-state index in [4.69, 9.17) is 9.47 Å². The maximum atomic E-state index is 13.2. The summed E-state index contributed by atoms with van der Waals surface area (Å²) < 4.78 is 24.7. The van der Waals surface area contributed by atoms with Crippen molar-refractivity contribution in [2.45, 2.75) is 13.8 Å². The first kappa shape index (κ1) is 24.2. The second kappa shape index (κ2) is 10.9. The van der Waals surface area contributed by atoms with E-state index in [1.807, 2.05) is 6.92 Å². The third-order valence-corrected chi connectivity index (χ3v) is 4.75. The summed E-state index contributed by atoms with van der Waals surface area (Å²) in [5.74, 6) is -1.28. The minimum absolute atomic E-state index is 0.351. The normalized spacial score (nSPS) is 10.7. The van der Waals surface area contributed by atoms with Crippen molar-refractivity contribution in [2.24, 2.45) is 0 Å². The summed E-state index contributed by atoms with van der Waals surface area (Å²) >= 11 is 0. The summed E-state index contributed by atoms with van der Waals surface area (Å²) in [5, 5.41) is 8.96. The smallest absolute Gasteiger partial charge is 0.331 e. The molecule has 2 N–H and O–H groups in total. The Hall–Kier alpha value is -4.47. The van der Waals surface area contributed by atoms with E-state index in [2.05, 4.69) is 15.7 Å². The van der Waals surface area contributed by atoms with Gasteiger partial charge in [0.05, 0.1) is 18.5 Å². The highest BCUT2D eigenvalue weighted by Crippen LogP contribution is 2.19. The molecule has 0 unspecified atom stereocenters. The Kier molecular flexibility index (Phi) is 7.75. The molecule has 0 aliphatic rings. The van der Waals surface area contributed by atoms with Crippen LogP contribution >= 0.6 is 0 Å². The van der Waals surface area contributed by atoms with E-state index in [1.54, 1.807) is 48.0 Å². The fraction of sp³-hybridized carbons (Fsp3) is 0.167. The number of urea groups is 1. The van der Waals surface area contributed by atoms with E-state index < -0.39 is 24.5 Å². The van der Waals surface area contributed by atoms with Crippen LogP contribution in [0.2, 0.25) is 0 Å². The Labute approximate surface area is 195 Å². The highest BCUT2D eigenvalue weighted by Gasteiger charge is 2.13. The van der Waals surface area contributed by atoms with Crippen molar-refractivity contribution in [1.29, 1.82) is 0 Å². The molecule has 0 atom stereocenters. The highest BCUT2D eigenvalue weighted by atomic mass is 19.1. The predicted molar refractivity (Wildman–Crippen MR) is 123 cm³/mol. The molecule has 34 heavy (non-hydrogen) atoms. The largest absolute Gasteiger partial charge is 0.497 e. The Morgan fingerprint density at radius 2 is 1.74 bits per heavy atom. The number of carbonyl (C=O) groups excluding carboxylic acids is 3. The molecule has 3 rings (SSSR count). The summed E-state index contributed by atoms with van der Waals surface area (Å²) in [6, 6.07) is 11.6. The molecular weight excluding hydrogens is 443 g/mol. The van der Waals surface area contributed by atoms with Crippen LogP contribution in [0.4, 0.5) is 14.9 Å². The number of amides is 3. The van der Waals surface area contributed by atoms with Gasteiger partial charge in [0.15, 0.2) is 6.61 Å². The van der Waals surface area contributed by atoms with Gasteiger partial charge in [-0.25, -0.2) is 18.7 Å². The molecule has 2 aromatic carbocycles. The van der Waals surface area contributed by atoms with Crippen molar-refractivity contribution in [3.63, 3.8) is 0 Å². The van der Waals surface area contributed by atoms with Gasteiger partial charge in [0.25, 0.3) is 5.91 Å². The van der Waals surface area contributed by atoms with E-state index in [9.17, 15) is 18.8 Å². The standard InChI is InChI=1S/C24H23FN4O5/c1-15-21(16(2)29(28-15)19-8-4-17(25)5-9-19)12-13-23(31)34-14-22(30)27-24(32)26-18-6-10-20(33-3)11-7-18/h4-13H,14H2,1-3H3,(H2,26,27,30,32)/b13-12+. The van der Waals surface area contributed by atoms with Gasteiger partial charge in [-0.3, -0.25) is 10.1 Å². The summed E-state index contributed by atoms with van der Waals surface area (Å²) in [6.07, 6.45) is 2.69. The van der Waals surface area contributed by atoms with Crippen LogP contribution in [0.25, 0.3) is 11.8 Å². The zero-order chi connectivity index (χ0) is 24.7. The minimum atomic E-state index is -0.788. The number of imide groups is 1. The zero-order valence-electron chi connectivity index (χ0n) is 18.8. The van der Waals surface area contributed by atoms with Crippen LogP contribution in [-0.2, 0) is 14.3 Å². The number of anilines is 1. The number of carbonyl (C=O) groups is 3. The van der Waals surface area contributed by atoms with Crippen LogP contribution in [0, 0.1) is 19.7 Å². The lowest BCUT2D eigenvalue weighted by Gasteiger charge is -2.07. The molecule has 9 nitrogen and oxygen atoms in total. The second-order valence-electron chi connectivity index (χ2n) is 7.14. The molecule has 3 amide bonds. The maximum Gasteiger partial charge on any atom is 0.331 e. The topological polar surface area (TPSA) is 112 Å². The number of nitrogens with zero attached hydrogens (tertiary/aromatic N) is 2. The SMILES string of the molecule is COc1ccc(NC(=O)NC(=O)COC(=O)/C=C/c2c(C)nn(-c3ccc(F)cc3)c2C)cc1. The molecule has 0 aliphatic heterocycles. The molecule has 0 aliphatic carbocycles. The minimum Gasteiger partial charge on any atom is -0.497 e. The van der Waals surface area contributed by atoms with Gasteiger partial charge in [-0.1, -0.05) is 0 Å². The van der Waals surface area contributed by atoms with E-state index in [-0.39, 0.29) is 5.82 Å². The third-order valence-electron chi connectivity index (χ3n) is 4.75. The molecule has 1 aromatic heterocycles. The summed E-state index contributed by atoms with van der Waals surface area (Å²) in [6.45, 7) is 2.95. The van der Waals surface area contributed by atoms with E-state index in [0.29, 0.717) is 28.4 Å². The molecule has 0 fully saturated rings. The average molecular weight is 466 g/mol. The molecule has 176 valence electrons. The first-order valence-corrected chi connectivity index (χ1v) is 10.2. The van der Waals surface area contributed by atoms with Gasteiger partial charge in [0, 0.05) is 23.0 Å². The highest BCUT2D eigenvalue weighted by molar-refractivity contribution is 6.02. The van der Waals surface area contributed by atoms with Crippen LogP contribution in [0.15, 0.2) is 54.6 Å². The van der Waals surface area contributed by atoms with Crippen molar-refractivity contribution in [3.8, 4) is 11.4 Å². The Morgan fingerprint density at radius 1 is 1.06 bits per heavy atom. The van der Waals surface area contributed by atoms with Crippen molar-refractivity contribution in [2.75, 3.05) is 19.0 Å². The van der Waals surface area contributed by atoms with Gasteiger partial charge in [-0.2, -0.15) is 5.10 Å². The molecule has 1 heterocycles. The van der Waals surface area contributed by atoms with Gasteiger partial charge < -0.3 is 14.8 Å². The molecule has 0 bridgehead atoms. The number of aromatic nitrogens is 2. The van der Waals surface area contributed by atoms with Gasteiger partial charge >= 0.3 is 12.0 Å². The summed E-state index contributed by atoms with van der Waals surface area (Å²) in [7, 11) is 1.52. The number of rotatable bonds is 7. The van der Waals surface area contributed by atoms with E-state index >= 15 is 0 Å². The second-order valence-corrected chi connectivity index (χ2v) is 7.14. The Balaban J connectivity index is 1.51. The van der Waals surface area contributed by atoms with Crippen LogP contribution in [0.5, 0.6) is 5.75 Å². The van der Waals surface area contributed by atoms with Gasteiger partial charge in [-0.15, -0.1) is 0 Å². The van der Waals surface area contributed by atoms with Crippen molar-refractivity contribution < 1.29 is 28.2 Å². The zero-order valence-corrected chi connectivity index (χ0v) is 18.8. The molecule has 0 saturated heterocycles. The number of ether oxygens (including phenoxy) is 2. The van der Waals surface area contributed by atoms with Crippen molar-refractivity contribution in [3.05, 3.63) is 77.4 Å². The van der Waals surface area contributed by atoms with Crippen molar-refractivity contribution >= 4 is 29.7 Å². The van der Waals surface area contributed by atoms with Crippen LogP contribution in [0.3, 0.4) is 0 Å².